The fourth-order valence-corrected chi connectivity index (χ4v) is 2.60. The van der Waals surface area contributed by atoms with Crippen LogP contribution in [-0.4, -0.2) is 5.16 Å². The highest BCUT2D eigenvalue weighted by atomic mass is 31.2. The molecule has 1 aromatic rings. The van der Waals surface area contributed by atoms with Crippen LogP contribution in [0.5, 0.6) is 11.5 Å². The molecule has 15 heavy (non-hydrogen) atoms. The maximum Gasteiger partial charge on any atom is 0.296 e. The Morgan fingerprint density at radius 2 is 1.33 bits per heavy atom. The largest absolute Gasteiger partial charge is 0.434 e. The van der Waals surface area contributed by atoms with Crippen LogP contribution in [-0.2, 0) is 0 Å². The second-order valence-corrected chi connectivity index (χ2v) is 7.21. The summed E-state index contributed by atoms with van der Waals surface area (Å²) in [6, 6.07) is 4.14. The summed E-state index contributed by atoms with van der Waals surface area (Å²) < 4.78 is 11.7. The lowest BCUT2D eigenvalue weighted by Gasteiger charge is -2.22. The summed E-state index contributed by atoms with van der Waals surface area (Å²) in [5.41, 5.74) is 2.51. The molecule has 3 heteroatoms. The zero-order chi connectivity index (χ0) is 11.2. The molecule has 0 N–H and O–H groups in total. The minimum Gasteiger partial charge on any atom is -0.434 e. The van der Waals surface area contributed by atoms with Crippen LogP contribution in [0.25, 0.3) is 0 Å². The van der Waals surface area contributed by atoms with E-state index in [0.717, 1.165) is 11.5 Å². The van der Waals surface area contributed by atoms with Crippen LogP contribution in [0.15, 0.2) is 12.1 Å². The third-order valence-corrected chi connectivity index (χ3v) is 4.29. The molecule has 0 spiro atoms. The van der Waals surface area contributed by atoms with E-state index in [9.17, 15) is 0 Å². The molecule has 82 valence electrons. The second kappa shape index (κ2) is 3.38. The van der Waals surface area contributed by atoms with Crippen LogP contribution in [0.4, 0.5) is 0 Å². The third kappa shape index (κ3) is 1.96. The fourth-order valence-electron chi connectivity index (χ4n) is 1.38. The van der Waals surface area contributed by atoms with E-state index < -0.39 is 8.38 Å². The van der Waals surface area contributed by atoms with E-state index in [1.165, 1.54) is 11.1 Å². The first-order valence-corrected chi connectivity index (χ1v) is 6.33. The molecule has 1 aliphatic rings. The van der Waals surface area contributed by atoms with Crippen LogP contribution in [0.2, 0.25) is 0 Å². The smallest absolute Gasteiger partial charge is 0.296 e. The molecule has 0 atom stereocenters. The van der Waals surface area contributed by atoms with Crippen LogP contribution in [0.3, 0.4) is 0 Å². The highest BCUT2D eigenvalue weighted by molar-refractivity contribution is 7.50. The first-order valence-electron chi connectivity index (χ1n) is 5.15. The lowest BCUT2D eigenvalue weighted by atomic mass is 10.1. The molecule has 1 aromatic carbocycles. The van der Waals surface area contributed by atoms with Crippen molar-refractivity contribution >= 4 is 8.38 Å². The van der Waals surface area contributed by atoms with Gasteiger partial charge in [-0.05, 0) is 57.9 Å². The minimum absolute atomic E-state index is 0.0656. The van der Waals surface area contributed by atoms with Crippen molar-refractivity contribution in [2.24, 2.45) is 0 Å². The fraction of sp³-hybridized carbons (Fsp3) is 0.500. The van der Waals surface area contributed by atoms with Gasteiger partial charge in [0.25, 0.3) is 8.38 Å². The Balaban J connectivity index is 2.32. The number of rotatable bonds is 0. The van der Waals surface area contributed by atoms with Crippen molar-refractivity contribution in [1.29, 1.82) is 0 Å². The van der Waals surface area contributed by atoms with Gasteiger partial charge in [0.05, 0.1) is 5.16 Å². The monoisotopic (exact) mass is 224 g/mol. The minimum atomic E-state index is -0.838. The molecule has 0 aliphatic carbocycles. The van der Waals surface area contributed by atoms with Gasteiger partial charge in [-0.3, -0.25) is 0 Å². The predicted octanol–water partition coefficient (Wildman–Crippen LogP) is 4.19. The third-order valence-electron chi connectivity index (χ3n) is 2.47. The summed E-state index contributed by atoms with van der Waals surface area (Å²) in [6.07, 6.45) is 0. The Bertz CT molecular complexity index is 362. The second-order valence-electron chi connectivity index (χ2n) is 4.99. The van der Waals surface area contributed by atoms with Gasteiger partial charge < -0.3 is 9.05 Å². The lowest BCUT2D eigenvalue weighted by molar-refractivity contribution is 0.523. The van der Waals surface area contributed by atoms with E-state index >= 15 is 0 Å². The van der Waals surface area contributed by atoms with Crippen LogP contribution < -0.4 is 9.05 Å². The molecule has 0 radical (unpaired) electrons. The Labute approximate surface area is 92.5 Å². The molecule has 0 unspecified atom stereocenters. The zero-order valence-electron chi connectivity index (χ0n) is 9.92. The van der Waals surface area contributed by atoms with E-state index in [-0.39, 0.29) is 5.16 Å². The molecule has 2 rings (SSSR count). The van der Waals surface area contributed by atoms with Crippen molar-refractivity contribution in [2.45, 2.75) is 39.8 Å². The average Bonchev–Trinajstić information content (AvgIpc) is 2.47. The molecule has 0 saturated heterocycles. The van der Waals surface area contributed by atoms with Crippen molar-refractivity contribution in [1.82, 2.24) is 0 Å². The van der Waals surface area contributed by atoms with Crippen LogP contribution >= 0.6 is 8.38 Å². The van der Waals surface area contributed by atoms with Gasteiger partial charge in [-0.25, -0.2) is 0 Å². The maximum absolute atomic E-state index is 5.85. The molecule has 1 aliphatic heterocycles. The van der Waals surface area contributed by atoms with Crippen molar-refractivity contribution in [3.8, 4) is 11.5 Å². The Morgan fingerprint density at radius 1 is 0.933 bits per heavy atom. The highest BCUT2D eigenvalue weighted by Gasteiger charge is 2.37. The Morgan fingerprint density at radius 3 is 1.67 bits per heavy atom. The Kier molecular flexibility index (Phi) is 2.42. The number of fused-ring (bicyclic) bond motifs is 1. The highest BCUT2D eigenvalue weighted by Crippen LogP contribution is 2.59. The van der Waals surface area contributed by atoms with Gasteiger partial charge in [-0.15, -0.1) is 0 Å². The number of hydrogen-bond acceptors (Lipinski definition) is 2. The van der Waals surface area contributed by atoms with Gasteiger partial charge in [0, 0.05) is 0 Å². The van der Waals surface area contributed by atoms with Crippen LogP contribution in [0.1, 0.15) is 31.9 Å². The van der Waals surface area contributed by atoms with Crippen molar-refractivity contribution in [3.05, 3.63) is 23.3 Å². The van der Waals surface area contributed by atoms with E-state index in [1.807, 2.05) is 0 Å². The predicted molar refractivity (Wildman–Crippen MR) is 63.8 cm³/mol. The SMILES string of the molecule is Cc1cc2c(cc1C)OP(C(C)(C)C)O2. The van der Waals surface area contributed by atoms with Crippen molar-refractivity contribution < 1.29 is 9.05 Å². The lowest BCUT2D eigenvalue weighted by Crippen LogP contribution is -2.14. The number of benzene rings is 1. The van der Waals surface area contributed by atoms with Gasteiger partial charge in [-0.1, -0.05) is 0 Å². The molecule has 0 amide bonds. The summed E-state index contributed by atoms with van der Waals surface area (Å²) in [6.45, 7) is 10.6. The summed E-state index contributed by atoms with van der Waals surface area (Å²) >= 11 is 0. The van der Waals surface area contributed by atoms with E-state index in [0.29, 0.717) is 0 Å². The van der Waals surface area contributed by atoms with Crippen molar-refractivity contribution in [3.63, 3.8) is 0 Å². The average molecular weight is 224 g/mol. The topological polar surface area (TPSA) is 18.5 Å². The van der Waals surface area contributed by atoms with Gasteiger partial charge in [-0.2, -0.15) is 0 Å². The molecule has 0 bridgehead atoms. The van der Waals surface area contributed by atoms with E-state index in [1.54, 1.807) is 0 Å². The molecule has 1 heterocycles. The van der Waals surface area contributed by atoms with Gasteiger partial charge in [0.2, 0.25) is 0 Å². The van der Waals surface area contributed by atoms with E-state index in [4.69, 9.17) is 9.05 Å². The summed E-state index contributed by atoms with van der Waals surface area (Å²) in [5, 5.41) is 0.0656. The summed E-state index contributed by atoms with van der Waals surface area (Å²) in [4.78, 5) is 0. The molecule has 0 fully saturated rings. The Hall–Kier alpha value is -0.750. The first-order chi connectivity index (χ1) is 6.88. The summed E-state index contributed by atoms with van der Waals surface area (Å²) in [5.74, 6) is 1.80. The normalized spacial score (nSPS) is 15.8. The van der Waals surface area contributed by atoms with Crippen LogP contribution in [0, 0.1) is 13.8 Å². The number of hydrogen-bond donors (Lipinski definition) is 0. The molecule has 0 saturated carbocycles. The molecular weight excluding hydrogens is 207 g/mol. The van der Waals surface area contributed by atoms with Crippen molar-refractivity contribution in [2.75, 3.05) is 0 Å². The van der Waals surface area contributed by atoms with Gasteiger partial charge in [0.1, 0.15) is 0 Å². The standard InChI is InChI=1S/C12H17O2P/c1-8-6-10-11(7-9(8)2)14-15(13-10)12(3,4)5/h6-7H,1-5H3. The zero-order valence-corrected chi connectivity index (χ0v) is 10.8. The number of aryl methyl sites for hydroxylation is 2. The first kappa shape index (κ1) is 10.8. The van der Waals surface area contributed by atoms with Gasteiger partial charge in [0.15, 0.2) is 11.5 Å². The summed E-state index contributed by atoms with van der Waals surface area (Å²) in [7, 11) is -0.838. The van der Waals surface area contributed by atoms with E-state index in [2.05, 4.69) is 46.8 Å². The van der Waals surface area contributed by atoms with Gasteiger partial charge >= 0.3 is 0 Å². The molecule has 0 aromatic heterocycles. The molecule has 2 nitrogen and oxygen atoms in total. The quantitative estimate of drug-likeness (QED) is 0.615. The maximum atomic E-state index is 5.85. The molecular formula is C12H17O2P.